The zero-order valence-electron chi connectivity index (χ0n) is 18.9. The summed E-state index contributed by atoms with van der Waals surface area (Å²) in [4.78, 5) is 0. The smallest absolute Gasteiger partial charge is 0.187 e. The van der Waals surface area contributed by atoms with Crippen molar-refractivity contribution in [1.29, 1.82) is 0 Å². The van der Waals surface area contributed by atoms with Gasteiger partial charge in [-0.25, -0.2) is 0 Å². The summed E-state index contributed by atoms with van der Waals surface area (Å²) in [5, 5.41) is 60.2. The molecule has 0 bridgehead atoms. The summed E-state index contributed by atoms with van der Waals surface area (Å²) < 4.78 is 27.4. The van der Waals surface area contributed by atoms with Crippen LogP contribution in [0.2, 0.25) is 0 Å². The molecule has 2 aliphatic rings. The highest BCUT2D eigenvalue weighted by Gasteiger charge is 2.48. The van der Waals surface area contributed by atoms with Crippen molar-refractivity contribution in [2.75, 3.05) is 26.9 Å². The lowest BCUT2D eigenvalue weighted by molar-refractivity contribution is -0.333. The summed E-state index contributed by atoms with van der Waals surface area (Å²) in [5.41, 5.74) is 0. The highest BCUT2D eigenvalue weighted by atomic mass is 16.7. The van der Waals surface area contributed by atoms with Crippen LogP contribution in [-0.2, 0) is 23.7 Å². The zero-order chi connectivity index (χ0) is 23.7. The molecule has 0 aromatic heterocycles. The first-order valence-corrected chi connectivity index (χ1v) is 11.4. The molecular weight excluding hydrogens is 428 g/mol. The Bertz CT molecular complexity index is 510. The van der Waals surface area contributed by atoms with Gasteiger partial charge >= 0.3 is 0 Å². The number of unbranched alkanes of at least 4 members (excludes halogenated alkanes) is 5. The molecule has 10 atom stereocenters. The minimum absolute atomic E-state index is 0.284. The Kier molecular flexibility index (Phi) is 12.2. The topological polar surface area (TPSA) is 168 Å². The number of rotatable bonds is 13. The maximum absolute atomic E-state index is 10.3. The average Bonchev–Trinajstić information content (AvgIpc) is 2.79. The summed E-state index contributed by atoms with van der Waals surface area (Å²) in [5.74, 6) is 0. The molecule has 11 heteroatoms. The van der Waals surface area contributed by atoms with Gasteiger partial charge in [0.15, 0.2) is 12.6 Å². The van der Waals surface area contributed by atoms with Gasteiger partial charge in [0.05, 0.1) is 13.2 Å². The van der Waals surface area contributed by atoms with E-state index in [1.54, 1.807) is 0 Å². The maximum Gasteiger partial charge on any atom is 0.187 e. The van der Waals surface area contributed by atoms with E-state index in [1.807, 2.05) is 0 Å². The summed E-state index contributed by atoms with van der Waals surface area (Å²) in [7, 11) is 1.30. The van der Waals surface area contributed by atoms with E-state index in [0.29, 0.717) is 6.61 Å². The third-order valence-corrected chi connectivity index (χ3v) is 5.97. The van der Waals surface area contributed by atoms with E-state index >= 15 is 0 Å². The standard InChI is InChI=1S/C21H40O11/c1-3-4-5-6-7-8-9-29-20-18(27)16(25)15(24)13(32-20)11-30-21-19(28-2)17(26)14(23)12(10-22)31-21/h12-27H,3-11H2,1-2H3/t12-,13-,14-,15-,16+,17+,18+,19+,20+,21+/m1/s1. The Balaban J connectivity index is 1.86. The van der Waals surface area contributed by atoms with Gasteiger partial charge < -0.3 is 54.3 Å². The van der Waals surface area contributed by atoms with Crippen molar-refractivity contribution in [3.05, 3.63) is 0 Å². The lowest BCUT2D eigenvalue weighted by atomic mass is 9.98. The third-order valence-electron chi connectivity index (χ3n) is 5.97. The lowest BCUT2D eigenvalue weighted by Gasteiger charge is -2.43. The number of hydrogen-bond acceptors (Lipinski definition) is 11. The molecule has 2 fully saturated rings. The second-order valence-corrected chi connectivity index (χ2v) is 8.39. The van der Waals surface area contributed by atoms with Crippen LogP contribution in [0.25, 0.3) is 0 Å². The fraction of sp³-hybridized carbons (Fsp3) is 1.00. The molecule has 190 valence electrons. The van der Waals surface area contributed by atoms with Crippen LogP contribution in [0.3, 0.4) is 0 Å². The number of methoxy groups -OCH3 is 1. The van der Waals surface area contributed by atoms with Crippen LogP contribution >= 0.6 is 0 Å². The monoisotopic (exact) mass is 468 g/mol. The third kappa shape index (κ3) is 7.28. The van der Waals surface area contributed by atoms with Crippen LogP contribution in [0.4, 0.5) is 0 Å². The minimum Gasteiger partial charge on any atom is -0.394 e. The van der Waals surface area contributed by atoms with Gasteiger partial charge in [-0.15, -0.1) is 0 Å². The van der Waals surface area contributed by atoms with Crippen molar-refractivity contribution in [2.24, 2.45) is 0 Å². The number of aliphatic hydroxyl groups is 6. The van der Waals surface area contributed by atoms with Crippen LogP contribution in [0, 0.1) is 0 Å². The Hall–Kier alpha value is -0.440. The van der Waals surface area contributed by atoms with E-state index in [1.165, 1.54) is 20.0 Å². The van der Waals surface area contributed by atoms with E-state index < -0.39 is 68.0 Å². The van der Waals surface area contributed by atoms with Crippen molar-refractivity contribution in [1.82, 2.24) is 0 Å². The Labute approximate surface area is 188 Å². The van der Waals surface area contributed by atoms with Crippen LogP contribution in [0.15, 0.2) is 0 Å². The molecule has 0 aromatic carbocycles. The first kappa shape index (κ1) is 27.8. The van der Waals surface area contributed by atoms with Crippen molar-refractivity contribution in [3.8, 4) is 0 Å². The molecule has 0 saturated carbocycles. The predicted molar refractivity (Wildman–Crippen MR) is 111 cm³/mol. The van der Waals surface area contributed by atoms with Crippen molar-refractivity contribution < 1.29 is 54.3 Å². The molecule has 2 saturated heterocycles. The van der Waals surface area contributed by atoms with Crippen LogP contribution in [0.1, 0.15) is 45.4 Å². The number of hydrogen-bond donors (Lipinski definition) is 6. The van der Waals surface area contributed by atoms with E-state index in [4.69, 9.17) is 23.7 Å². The largest absolute Gasteiger partial charge is 0.394 e. The van der Waals surface area contributed by atoms with E-state index in [9.17, 15) is 30.6 Å². The minimum atomic E-state index is -1.50. The fourth-order valence-corrected chi connectivity index (χ4v) is 3.90. The number of ether oxygens (including phenoxy) is 5. The summed E-state index contributed by atoms with van der Waals surface area (Å²) in [6.45, 7) is 1.66. The molecule has 11 nitrogen and oxygen atoms in total. The average molecular weight is 469 g/mol. The predicted octanol–water partition coefficient (Wildman–Crippen LogP) is -1.36. The molecule has 0 unspecified atom stereocenters. The normalized spacial score (nSPS) is 40.5. The molecule has 0 spiro atoms. The van der Waals surface area contributed by atoms with Gasteiger partial charge in [0.2, 0.25) is 0 Å². The highest BCUT2D eigenvalue weighted by Crippen LogP contribution is 2.27. The lowest BCUT2D eigenvalue weighted by Crippen LogP contribution is -2.62. The highest BCUT2D eigenvalue weighted by molar-refractivity contribution is 4.92. The van der Waals surface area contributed by atoms with Gasteiger partial charge in [0.1, 0.15) is 48.8 Å². The fourth-order valence-electron chi connectivity index (χ4n) is 3.90. The quantitative estimate of drug-likeness (QED) is 0.177. The summed E-state index contributed by atoms with van der Waals surface area (Å²) in [6, 6.07) is 0. The maximum atomic E-state index is 10.3. The Morgan fingerprint density at radius 1 is 0.688 bits per heavy atom. The second kappa shape index (κ2) is 14.1. The second-order valence-electron chi connectivity index (χ2n) is 8.39. The van der Waals surface area contributed by atoms with Gasteiger partial charge in [-0.1, -0.05) is 39.0 Å². The van der Waals surface area contributed by atoms with Crippen LogP contribution in [0.5, 0.6) is 0 Å². The number of aliphatic hydroxyl groups excluding tert-OH is 6. The van der Waals surface area contributed by atoms with Crippen molar-refractivity contribution in [3.63, 3.8) is 0 Å². The molecule has 0 radical (unpaired) electrons. The van der Waals surface area contributed by atoms with Gasteiger partial charge in [-0.3, -0.25) is 0 Å². The van der Waals surface area contributed by atoms with E-state index in [2.05, 4.69) is 6.92 Å². The molecule has 0 amide bonds. The first-order valence-electron chi connectivity index (χ1n) is 11.4. The zero-order valence-corrected chi connectivity index (χ0v) is 18.9. The summed E-state index contributed by atoms with van der Waals surface area (Å²) in [6.07, 6.45) is -6.21. The van der Waals surface area contributed by atoms with Gasteiger partial charge in [-0.2, -0.15) is 0 Å². The van der Waals surface area contributed by atoms with Crippen molar-refractivity contribution in [2.45, 2.75) is 107 Å². The Morgan fingerprint density at radius 2 is 1.31 bits per heavy atom. The first-order chi connectivity index (χ1) is 15.3. The molecular formula is C21H40O11. The molecule has 2 aliphatic heterocycles. The van der Waals surface area contributed by atoms with Gasteiger partial charge in [-0.05, 0) is 6.42 Å². The van der Waals surface area contributed by atoms with E-state index in [-0.39, 0.29) is 6.61 Å². The van der Waals surface area contributed by atoms with Crippen LogP contribution < -0.4 is 0 Å². The molecule has 6 N–H and O–H groups in total. The Morgan fingerprint density at radius 3 is 1.97 bits per heavy atom. The van der Waals surface area contributed by atoms with E-state index in [0.717, 1.165) is 25.7 Å². The summed E-state index contributed by atoms with van der Waals surface area (Å²) >= 11 is 0. The SMILES string of the molecule is CCCCCCCCO[C@H]1O[C@H](CO[C@H]2O[C@H](CO)[C@@H](O)[C@H](O)[C@@H]2OC)[C@@H](O)[C@H](O)[C@@H]1O. The molecule has 2 rings (SSSR count). The van der Waals surface area contributed by atoms with Gasteiger partial charge in [0, 0.05) is 13.7 Å². The van der Waals surface area contributed by atoms with Crippen LogP contribution in [-0.4, -0.2) is 119 Å². The van der Waals surface area contributed by atoms with Crippen molar-refractivity contribution >= 4 is 0 Å². The molecule has 32 heavy (non-hydrogen) atoms. The molecule has 0 aliphatic carbocycles. The van der Waals surface area contributed by atoms with Gasteiger partial charge in [0.25, 0.3) is 0 Å². The molecule has 0 aromatic rings. The molecule has 2 heterocycles.